The van der Waals surface area contributed by atoms with Crippen molar-refractivity contribution in [3.63, 3.8) is 0 Å². The second-order valence-corrected chi connectivity index (χ2v) is 5.92. The summed E-state index contributed by atoms with van der Waals surface area (Å²) in [5.74, 6) is 1.91. The summed E-state index contributed by atoms with van der Waals surface area (Å²) >= 11 is 0. The number of furan rings is 1. The van der Waals surface area contributed by atoms with Crippen molar-refractivity contribution in [1.82, 2.24) is 20.1 Å². The van der Waals surface area contributed by atoms with E-state index in [1.807, 2.05) is 38.1 Å². The lowest BCUT2D eigenvalue weighted by Crippen LogP contribution is -2.42. The molecule has 1 aliphatic heterocycles. The smallest absolute Gasteiger partial charge is 0.258 e. The van der Waals surface area contributed by atoms with Gasteiger partial charge in [-0.2, -0.15) is 5.10 Å². The molecule has 0 radical (unpaired) electrons. The largest absolute Gasteiger partial charge is 0.461 e. The first-order valence-electron chi connectivity index (χ1n) is 7.91. The molecule has 0 spiro atoms. The van der Waals surface area contributed by atoms with Crippen molar-refractivity contribution in [2.75, 3.05) is 19.7 Å². The van der Waals surface area contributed by atoms with E-state index < -0.39 is 0 Å². The van der Waals surface area contributed by atoms with Gasteiger partial charge in [-0.1, -0.05) is 18.2 Å². The van der Waals surface area contributed by atoms with Crippen molar-refractivity contribution in [3.8, 4) is 0 Å². The molecular weight excluding hydrogens is 308 g/mol. The monoisotopic (exact) mass is 326 g/mol. The summed E-state index contributed by atoms with van der Waals surface area (Å²) in [7, 11) is 0. The number of morpholine rings is 1. The zero-order valence-corrected chi connectivity index (χ0v) is 13.6. The van der Waals surface area contributed by atoms with Crippen LogP contribution in [0, 0.1) is 13.8 Å². The zero-order chi connectivity index (χ0) is 16.7. The Hall–Kier alpha value is -2.67. The molecule has 124 valence electrons. The van der Waals surface area contributed by atoms with Gasteiger partial charge < -0.3 is 14.1 Å². The van der Waals surface area contributed by atoms with Gasteiger partial charge in [0, 0.05) is 11.9 Å². The molecular formula is C17H18N4O3. The Labute approximate surface area is 138 Å². The number of fused-ring (bicyclic) bond motifs is 1. The highest BCUT2D eigenvalue weighted by atomic mass is 16.5. The van der Waals surface area contributed by atoms with Crippen molar-refractivity contribution in [1.29, 1.82) is 0 Å². The third-order valence-corrected chi connectivity index (χ3v) is 4.24. The maximum Gasteiger partial charge on any atom is 0.258 e. The van der Waals surface area contributed by atoms with Crippen molar-refractivity contribution >= 4 is 16.9 Å². The van der Waals surface area contributed by atoms with Gasteiger partial charge in [0.1, 0.15) is 23.3 Å². The van der Waals surface area contributed by atoms with E-state index in [0.717, 1.165) is 16.8 Å². The van der Waals surface area contributed by atoms with E-state index in [4.69, 9.17) is 9.15 Å². The number of aryl methyl sites for hydroxylation is 2. The van der Waals surface area contributed by atoms with Crippen LogP contribution in [0.15, 0.2) is 28.7 Å². The minimum atomic E-state index is -0.314. The van der Waals surface area contributed by atoms with Crippen LogP contribution in [0.2, 0.25) is 0 Å². The molecule has 0 bridgehead atoms. The number of aromatic amines is 1. The topological polar surface area (TPSA) is 84.2 Å². The van der Waals surface area contributed by atoms with Crippen molar-refractivity contribution in [2.24, 2.45) is 0 Å². The van der Waals surface area contributed by atoms with E-state index in [1.165, 1.54) is 0 Å². The molecule has 1 unspecified atom stereocenters. The van der Waals surface area contributed by atoms with Crippen LogP contribution in [-0.2, 0) is 4.74 Å². The number of amides is 1. The Morgan fingerprint density at radius 1 is 1.33 bits per heavy atom. The highest BCUT2D eigenvalue weighted by molar-refractivity contribution is 6.07. The molecule has 7 heteroatoms. The summed E-state index contributed by atoms with van der Waals surface area (Å²) in [6.07, 6.45) is -0.314. The molecule has 1 amide bonds. The Kier molecular flexibility index (Phi) is 3.57. The molecule has 2 aromatic heterocycles. The summed E-state index contributed by atoms with van der Waals surface area (Å²) < 4.78 is 11.4. The summed E-state index contributed by atoms with van der Waals surface area (Å²) in [5.41, 5.74) is 1.35. The van der Waals surface area contributed by atoms with Crippen molar-refractivity contribution in [2.45, 2.75) is 20.0 Å². The van der Waals surface area contributed by atoms with Gasteiger partial charge in [0.2, 0.25) is 0 Å². The summed E-state index contributed by atoms with van der Waals surface area (Å²) in [6.45, 7) is 5.08. The number of hydrogen-bond donors (Lipinski definition) is 1. The first-order valence-corrected chi connectivity index (χ1v) is 7.91. The number of nitrogens with zero attached hydrogens (tertiary/aromatic N) is 3. The van der Waals surface area contributed by atoms with Gasteiger partial charge in [0.05, 0.1) is 18.7 Å². The Morgan fingerprint density at radius 2 is 2.17 bits per heavy atom. The highest BCUT2D eigenvalue weighted by Crippen LogP contribution is 2.28. The summed E-state index contributed by atoms with van der Waals surface area (Å²) in [4.78, 5) is 19.1. The standard InChI is InChI=1S/C17H18N4O3/c1-10-15(12-5-3-4-6-13(12)24-10)17(22)21-7-8-23-14(9-21)16-18-11(2)19-20-16/h3-6,14H,7-9H2,1-2H3,(H,18,19,20). The lowest BCUT2D eigenvalue weighted by Gasteiger charge is -2.31. The fourth-order valence-corrected chi connectivity index (χ4v) is 3.09. The quantitative estimate of drug-likeness (QED) is 0.781. The Balaban J connectivity index is 1.62. The van der Waals surface area contributed by atoms with E-state index in [0.29, 0.717) is 36.8 Å². The molecule has 1 atom stereocenters. The molecule has 3 aromatic rings. The van der Waals surface area contributed by atoms with Crippen molar-refractivity contribution < 1.29 is 13.9 Å². The number of para-hydroxylation sites is 1. The highest BCUT2D eigenvalue weighted by Gasteiger charge is 2.30. The fourth-order valence-electron chi connectivity index (χ4n) is 3.09. The first-order chi connectivity index (χ1) is 11.6. The zero-order valence-electron chi connectivity index (χ0n) is 13.6. The first kappa shape index (κ1) is 14.9. The predicted octanol–water partition coefficient (Wildman–Crippen LogP) is 2.38. The SMILES string of the molecule is Cc1nc(C2CN(C(=O)c3c(C)oc4ccccc34)CCO2)n[nH]1. The van der Waals surface area contributed by atoms with E-state index >= 15 is 0 Å². The number of ether oxygens (including phenoxy) is 1. The fraction of sp³-hybridized carbons (Fsp3) is 0.353. The molecule has 1 saturated heterocycles. The van der Waals surface area contributed by atoms with Crippen molar-refractivity contribution in [3.05, 3.63) is 47.2 Å². The third kappa shape index (κ3) is 2.46. The van der Waals surface area contributed by atoms with Crippen LogP contribution in [0.25, 0.3) is 11.0 Å². The predicted molar refractivity (Wildman–Crippen MR) is 86.7 cm³/mol. The molecule has 7 nitrogen and oxygen atoms in total. The molecule has 0 aliphatic carbocycles. The van der Waals surface area contributed by atoms with E-state index in [1.54, 1.807) is 4.90 Å². The number of carbonyl (C=O) groups excluding carboxylic acids is 1. The normalized spacial score (nSPS) is 18.2. The van der Waals surface area contributed by atoms with E-state index in [-0.39, 0.29) is 12.0 Å². The number of aromatic nitrogens is 3. The van der Waals surface area contributed by atoms with Gasteiger partial charge in [-0.05, 0) is 19.9 Å². The molecule has 1 aromatic carbocycles. The number of nitrogens with one attached hydrogen (secondary N) is 1. The van der Waals surface area contributed by atoms with Crippen LogP contribution in [0.3, 0.4) is 0 Å². The summed E-state index contributed by atoms with van der Waals surface area (Å²) in [5, 5.41) is 7.80. The maximum atomic E-state index is 13.0. The molecule has 4 rings (SSSR count). The van der Waals surface area contributed by atoms with Gasteiger partial charge in [0.25, 0.3) is 5.91 Å². The van der Waals surface area contributed by atoms with Gasteiger partial charge in [-0.3, -0.25) is 9.89 Å². The third-order valence-electron chi connectivity index (χ3n) is 4.24. The lowest BCUT2D eigenvalue weighted by atomic mass is 10.1. The van der Waals surface area contributed by atoms with Crippen LogP contribution in [0.1, 0.15) is 33.9 Å². The maximum absolute atomic E-state index is 13.0. The number of hydrogen-bond acceptors (Lipinski definition) is 5. The minimum absolute atomic E-state index is 0.0435. The van der Waals surface area contributed by atoms with E-state index in [9.17, 15) is 4.79 Å². The van der Waals surface area contributed by atoms with Crippen LogP contribution < -0.4 is 0 Å². The second-order valence-electron chi connectivity index (χ2n) is 5.92. The Bertz CT molecular complexity index is 898. The minimum Gasteiger partial charge on any atom is -0.461 e. The number of H-pyrrole nitrogens is 1. The number of rotatable bonds is 2. The van der Waals surface area contributed by atoms with Crippen LogP contribution in [-0.4, -0.2) is 45.7 Å². The van der Waals surface area contributed by atoms with Gasteiger partial charge in [-0.25, -0.2) is 4.98 Å². The van der Waals surface area contributed by atoms with Crippen LogP contribution in [0.5, 0.6) is 0 Å². The molecule has 3 heterocycles. The van der Waals surface area contributed by atoms with Crippen LogP contribution in [0.4, 0.5) is 0 Å². The molecule has 1 N–H and O–H groups in total. The van der Waals surface area contributed by atoms with Gasteiger partial charge in [-0.15, -0.1) is 0 Å². The number of benzene rings is 1. The molecule has 24 heavy (non-hydrogen) atoms. The molecule has 0 saturated carbocycles. The second kappa shape index (κ2) is 5.76. The summed E-state index contributed by atoms with van der Waals surface area (Å²) in [6, 6.07) is 7.59. The average molecular weight is 326 g/mol. The van der Waals surface area contributed by atoms with Gasteiger partial charge >= 0.3 is 0 Å². The molecule has 1 fully saturated rings. The number of carbonyl (C=O) groups is 1. The van der Waals surface area contributed by atoms with Gasteiger partial charge in [0.15, 0.2) is 5.82 Å². The molecule has 1 aliphatic rings. The van der Waals surface area contributed by atoms with Crippen LogP contribution >= 0.6 is 0 Å². The van der Waals surface area contributed by atoms with E-state index in [2.05, 4.69) is 15.2 Å². The average Bonchev–Trinajstić information content (AvgIpc) is 3.17. The Morgan fingerprint density at radius 3 is 2.96 bits per heavy atom. The lowest BCUT2D eigenvalue weighted by molar-refractivity contribution is -0.0266.